The molecule has 0 bridgehead atoms. The van der Waals surface area contributed by atoms with Crippen LogP contribution in [0, 0.1) is 13.8 Å². The molecule has 5 nitrogen and oxygen atoms in total. The van der Waals surface area contributed by atoms with Gasteiger partial charge in [-0.25, -0.2) is 0 Å². The van der Waals surface area contributed by atoms with Crippen molar-refractivity contribution in [1.29, 1.82) is 0 Å². The summed E-state index contributed by atoms with van der Waals surface area (Å²) in [5.41, 5.74) is 4.03. The van der Waals surface area contributed by atoms with E-state index in [0.717, 1.165) is 29.1 Å². The summed E-state index contributed by atoms with van der Waals surface area (Å²) in [6.45, 7) is 10.1. The van der Waals surface area contributed by atoms with E-state index in [4.69, 9.17) is 4.74 Å². The second-order valence-corrected chi connectivity index (χ2v) is 6.73. The molecule has 2 aromatic rings. The Morgan fingerprint density at radius 1 is 1.25 bits per heavy atom. The summed E-state index contributed by atoms with van der Waals surface area (Å²) < 4.78 is 7.59. The van der Waals surface area contributed by atoms with E-state index in [1.165, 1.54) is 0 Å². The highest BCUT2D eigenvalue weighted by Crippen LogP contribution is 2.16. The van der Waals surface area contributed by atoms with Gasteiger partial charge in [-0.05, 0) is 51.5 Å². The molecule has 24 heavy (non-hydrogen) atoms. The van der Waals surface area contributed by atoms with Crippen molar-refractivity contribution < 1.29 is 9.53 Å². The van der Waals surface area contributed by atoms with Gasteiger partial charge in [0.15, 0.2) is 0 Å². The second kappa shape index (κ2) is 6.77. The van der Waals surface area contributed by atoms with Crippen molar-refractivity contribution in [3.8, 4) is 0 Å². The fourth-order valence-corrected chi connectivity index (χ4v) is 3.11. The first kappa shape index (κ1) is 16.7. The van der Waals surface area contributed by atoms with E-state index in [2.05, 4.69) is 18.1 Å². The number of aryl methyl sites for hydroxylation is 2. The predicted octanol–water partition coefficient (Wildman–Crippen LogP) is 2.80. The van der Waals surface area contributed by atoms with Crippen molar-refractivity contribution in [2.24, 2.45) is 0 Å². The number of benzene rings is 1. The Bertz CT molecular complexity index is 721. The van der Waals surface area contributed by atoms with Gasteiger partial charge in [0.05, 0.1) is 31.0 Å². The molecule has 1 aliphatic rings. The van der Waals surface area contributed by atoms with Gasteiger partial charge in [-0.15, -0.1) is 0 Å². The average molecular weight is 327 g/mol. The van der Waals surface area contributed by atoms with Crippen LogP contribution in [0.5, 0.6) is 0 Å². The maximum Gasteiger partial charge on any atom is 0.254 e. The number of carbonyl (C=O) groups excluding carboxylic acids is 1. The number of ether oxygens (including phenoxy) is 1. The van der Waals surface area contributed by atoms with Gasteiger partial charge in [-0.2, -0.15) is 5.10 Å². The van der Waals surface area contributed by atoms with E-state index < -0.39 is 0 Å². The summed E-state index contributed by atoms with van der Waals surface area (Å²) in [5.74, 6) is 0.0790. The number of hydrogen-bond acceptors (Lipinski definition) is 3. The largest absolute Gasteiger partial charge is 0.375 e. The minimum atomic E-state index is 0.0790. The Balaban J connectivity index is 1.72. The van der Waals surface area contributed by atoms with E-state index in [9.17, 15) is 4.79 Å². The molecule has 0 spiro atoms. The second-order valence-electron chi connectivity index (χ2n) is 6.73. The summed E-state index contributed by atoms with van der Waals surface area (Å²) in [7, 11) is 0. The number of aromatic nitrogens is 2. The molecular weight excluding hydrogens is 302 g/mol. The molecule has 2 unspecified atom stereocenters. The molecule has 2 heterocycles. The molecule has 0 N–H and O–H groups in total. The maximum atomic E-state index is 12.7. The van der Waals surface area contributed by atoms with Gasteiger partial charge < -0.3 is 9.64 Å². The van der Waals surface area contributed by atoms with Crippen molar-refractivity contribution in [1.82, 2.24) is 14.7 Å². The van der Waals surface area contributed by atoms with Gasteiger partial charge in [-0.1, -0.05) is 12.1 Å². The SMILES string of the molecule is Cc1cc(C)n(Cc2ccc(C(=O)N3CC(C)OCC3C)cc2)n1. The van der Waals surface area contributed by atoms with Crippen molar-refractivity contribution in [3.63, 3.8) is 0 Å². The monoisotopic (exact) mass is 327 g/mol. The zero-order valence-electron chi connectivity index (χ0n) is 14.8. The lowest BCUT2D eigenvalue weighted by Gasteiger charge is -2.36. The number of hydrogen-bond donors (Lipinski definition) is 0. The predicted molar refractivity (Wildman–Crippen MR) is 93.2 cm³/mol. The zero-order chi connectivity index (χ0) is 17.3. The highest BCUT2D eigenvalue weighted by Gasteiger charge is 2.28. The smallest absolute Gasteiger partial charge is 0.254 e. The molecule has 1 saturated heterocycles. The van der Waals surface area contributed by atoms with Crippen LogP contribution in [0.2, 0.25) is 0 Å². The van der Waals surface area contributed by atoms with Gasteiger partial charge in [0.25, 0.3) is 5.91 Å². The normalized spacial score (nSPS) is 21.1. The summed E-state index contributed by atoms with van der Waals surface area (Å²) in [4.78, 5) is 14.6. The highest BCUT2D eigenvalue weighted by atomic mass is 16.5. The molecule has 1 aromatic carbocycles. The van der Waals surface area contributed by atoms with Crippen LogP contribution >= 0.6 is 0 Å². The third-order valence-electron chi connectivity index (χ3n) is 4.51. The van der Waals surface area contributed by atoms with E-state index in [1.54, 1.807) is 0 Å². The Morgan fingerprint density at radius 3 is 2.58 bits per heavy atom. The molecule has 0 aliphatic carbocycles. The van der Waals surface area contributed by atoms with Crippen LogP contribution in [0.15, 0.2) is 30.3 Å². The fourth-order valence-electron chi connectivity index (χ4n) is 3.11. The minimum Gasteiger partial charge on any atom is -0.375 e. The van der Waals surface area contributed by atoms with Crippen molar-refractivity contribution in [2.45, 2.75) is 46.4 Å². The summed E-state index contributed by atoms with van der Waals surface area (Å²) in [6.07, 6.45) is 0.0930. The number of amides is 1. The van der Waals surface area contributed by atoms with Gasteiger partial charge in [0, 0.05) is 17.8 Å². The number of carbonyl (C=O) groups is 1. The van der Waals surface area contributed by atoms with E-state index in [1.807, 2.05) is 54.6 Å². The first-order valence-electron chi connectivity index (χ1n) is 8.46. The molecule has 128 valence electrons. The topological polar surface area (TPSA) is 47.4 Å². The quantitative estimate of drug-likeness (QED) is 0.871. The van der Waals surface area contributed by atoms with Crippen LogP contribution in [-0.2, 0) is 11.3 Å². The lowest BCUT2D eigenvalue weighted by Crippen LogP contribution is -2.50. The summed E-state index contributed by atoms with van der Waals surface area (Å²) in [5, 5.41) is 4.48. The van der Waals surface area contributed by atoms with Crippen LogP contribution in [0.25, 0.3) is 0 Å². The first-order valence-corrected chi connectivity index (χ1v) is 8.46. The Hall–Kier alpha value is -2.14. The van der Waals surface area contributed by atoms with Crippen LogP contribution in [-0.4, -0.2) is 45.9 Å². The third kappa shape index (κ3) is 3.51. The number of rotatable bonds is 3. The molecule has 2 atom stereocenters. The van der Waals surface area contributed by atoms with Crippen LogP contribution in [0.1, 0.15) is 41.2 Å². The lowest BCUT2D eigenvalue weighted by atomic mass is 10.1. The fraction of sp³-hybridized carbons (Fsp3) is 0.474. The molecule has 3 rings (SSSR count). The lowest BCUT2D eigenvalue weighted by molar-refractivity contribution is -0.0387. The molecule has 1 amide bonds. The average Bonchev–Trinajstić information content (AvgIpc) is 2.87. The molecule has 1 fully saturated rings. The number of morpholine rings is 1. The summed E-state index contributed by atoms with van der Waals surface area (Å²) >= 11 is 0. The maximum absolute atomic E-state index is 12.7. The van der Waals surface area contributed by atoms with E-state index >= 15 is 0 Å². The van der Waals surface area contributed by atoms with Crippen molar-refractivity contribution in [2.75, 3.05) is 13.2 Å². The molecule has 1 aromatic heterocycles. The van der Waals surface area contributed by atoms with Gasteiger partial charge in [0.2, 0.25) is 0 Å². The van der Waals surface area contributed by atoms with E-state index in [-0.39, 0.29) is 18.1 Å². The Labute approximate surface area is 143 Å². The minimum absolute atomic E-state index is 0.0790. The van der Waals surface area contributed by atoms with Crippen LogP contribution < -0.4 is 0 Å². The Kier molecular flexibility index (Phi) is 4.71. The van der Waals surface area contributed by atoms with Crippen molar-refractivity contribution >= 4 is 5.91 Å². The van der Waals surface area contributed by atoms with Crippen LogP contribution in [0.3, 0.4) is 0 Å². The number of nitrogens with zero attached hydrogens (tertiary/aromatic N) is 3. The van der Waals surface area contributed by atoms with Gasteiger partial charge in [-0.3, -0.25) is 9.48 Å². The standard InChI is InChI=1S/C19H25N3O2/c1-13-9-14(2)22(20-13)11-17-5-7-18(8-6-17)19(23)21-10-16(4)24-12-15(21)3/h5-9,15-16H,10-12H2,1-4H3. The third-order valence-corrected chi connectivity index (χ3v) is 4.51. The van der Waals surface area contributed by atoms with Crippen LogP contribution in [0.4, 0.5) is 0 Å². The molecule has 0 radical (unpaired) electrons. The van der Waals surface area contributed by atoms with Gasteiger partial charge >= 0.3 is 0 Å². The van der Waals surface area contributed by atoms with E-state index in [0.29, 0.717) is 13.2 Å². The zero-order valence-corrected chi connectivity index (χ0v) is 14.8. The summed E-state index contributed by atoms with van der Waals surface area (Å²) in [6, 6.07) is 10.0. The van der Waals surface area contributed by atoms with Gasteiger partial charge in [0.1, 0.15) is 0 Å². The highest BCUT2D eigenvalue weighted by molar-refractivity contribution is 5.94. The van der Waals surface area contributed by atoms with Crippen molar-refractivity contribution in [3.05, 3.63) is 52.8 Å². The molecule has 5 heteroatoms. The molecule has 1 aliphatic heterocycles. The molecule has 0 saturated carbocycles. The Morgan fingerprint density at radius 2 is 1.96 bits per heavy atom. The first-order chi connectivity index (χ1) is 11.4. The molecular formula is C19H25N3O2.